The number of ether oxygens (including phenoxy) is 1. The lowest BCUT2D eigenvalue weighted by Gasteiger charge is -2.49. The number of nitrogens with zero attached hydrogens (tertiary/aromatic N) is 1. The molecule has 4 nitrogen and oxygen atoms in total. The molecule has 0 aromatic carbocycles. The molecule has 0 bridgehead atoms. The van der Waals surface area contributed by atoms with Gasteiger partial charge in [-0.25, -0.2) is 0 Å². The SMILES string of the molecule is CCCC1(N)CN(C(=O)CC2(OC)CCC2)C1. The van der Waals surface area contributed by atoms with Gasteiger partial charge >= 0.3 is 0 Å². The number of hydrogen-bond donors (Lipinski definition) is 1. The molecule has 1 amide bonds. The highest BCUT2D eigenvalue weighted by Gasteiger charge is 2.45. The van der Waals surface area contributed by atoms with Crippen LogP contribution in [0, 0.1) is 0 Å². The lowest BCUT2D eigenvalue weighted by molar-refractivity contribution is -0.151. The molecule has 1 saturated heterocycles. The largest absolute Gasteiger partial charge is 0.378 e. The number of carbonyl (C=O) groups excluding carboxylic acids is 1. The third-order valence-electron chi connectivity index (χ3n) is 4.28. The van der Waals surface area contributed by atoms with Crippen molar-refractivity contribution in [2.45, 2.75) is 56.6 Å². The minimum atomic E-state index is -0.158. The number of rotatable bonds is 5. The van der Waals surface area contributed by atoms with E-state index < -0.39 is 0 Å². The predicted molar refractivity (Wildman–Crippen MR) is 66.6 cm³/mol. The summed E-state index contributed by atoms with van der Waals surface area (Å²) in [6.07, 6.45) is 5.84. The molecule has 1 aliphatic carbocycles. The number of methoxy groups -OCH3 is 1. The standard InChI is InChI=1S/C13H24N2O2/c1-3-5-12(14)9-15(10-12)11(16)8-13(17-2)6-4-7-13/h3-10,14H2,1-2H3. The smallest absolute Gasteiger partial charge is 0.225 e. The van der Waals surface area contributed by atoms with Crippen LogP contribution < -0.4 is 5.73 Å². The Morgan fingerprint density at radius 2 is 2.06 bits per heavy atom. The average Bonchev–Trinajstić information content (AvgIpc) is 2.20. The molecule has 17 heavy (non-hydrogen) atoms. The first-order valence-corrected chi connectivity index (χ1v) is 6.64. The molecule has 1 aliphatic heterocycles. The van der Waals surface area contributed by atoms with E-state index in [1.807, 2.05) is 4.90 Å². The summed E-state index contributed by atoms with van der Waals surface area (Å²) in [6, 6.07) is 0. The summed E-state index contributed by atoms with van der Waals surface area (Å²) in [5.41, 5.74) is 5.88. The Bertz CT molecular complexity index is 288. The molecule has 4 heteroatoms. The minimum absolute atomic E-state index is 0.121. The van der Waals surface area contributed by atoms with Crippen molar-refractivity contribution < 1.29 is 9.53 Å². The number of likely N-dealkylation sites (tertiary alicyclic amines) is 1. The van der Waals surface area contributed by atoms with Crippen molar-refractivity contribution in [2.75, 3.05) is 20.2 Å². The summed E-state index contributed by atoms with van der Waals surface area (Å²) in [7, 11) is 1.72. The van der Waals surface area contributed by atoms with Crippen molar-refractivity contribution in [1.29, 1.82) is 0 Å². The van der Waals surface area contributed by atoms with Gasteiger partial charge in [0.25, 0.3) is 0 Å². The topological polar surface area (TPSA) is 55.6 Å². The Hall–Kier alpha value is -0.610. The molecule has 0 aromatic heterocycles. The van der Waals surface area contributed by atoms with E-state index in [0.29, 0.717) is 6.42 Å². The Morgan fingerprint density at radius 3 is 2.47 bits per heavy atom. The Kier molecular flexibility index (Phi) is 3.46. The molecular weight excluding hydrogens is 216 g/mol. The predicted octanol–water partition coefficient (Wildman–Crippen LogP) is 1.29. The molecule has 2 aliphatic rings. The molecule has 2 N–H and O–H groups in total. The maximum atomic E-state index is 12.1. The molecule has 0 unspecified atom stereocenters. The van der Waals surface area contributed by atoms with E-state index in [1.54, 1.807) is 7.11 Å². The van der Waals surface area contributed by atoms with Crippen molar-refractivity contribution in [3.8, 4) is 0 Å². The highest BCUT2D eigenvalue weighted by molar-refractivity contribution is 5.78. The van der Waals surface area contributed by atoms with E-state index >= 15 is 0 Å². The second kappa shape index (κ2) is 4.58. The van der Waals surface area contributed by atoms with Crippen LogP contribution in [0.15, 0.2) is 0 Å². The van der Waals surface area contributed by atoms with Crippen LogP contribution in [0.4, 0.5) is 0 Å². The van der Waals surface area contributed by atoms with Gasteiger partial charge in [-0.3, -0.25) is 4.79 Å². The van der Waals surface area contributed by atoms with Crippen molar-refractivity contribution in [3.63, 3.8) is 0 Å². The molecule has 98 valence electrons. The van der Waals surface area contributed by atoms with Gasteiger partial charge in [0.15, 0.2) is 0 Å². The van der Waals surface area contributed by atoms with Gasteiger partial charge in [-0.1, -0.05) is 13.3 Å². The monoisotopic (exact) mass is 240 g/mol. The van der Waals surface area contributed by atoms with Crippen LogP contribution in [-0.2, 0) is 9.53 Å². The molecule has 0 atom stereocenters. The maximum absolute atomic E-state index is 12.1. The van der Waals surface area contributed by atoms with Gasteiger partial charge in [-0.05, 0) is 25.7 Å². The summed E-state index contributed by atoms with van der Waals surface area (Å²) in [6.45, 7) is 3.58. The van der Waals surface area contributed by atoms with Crippen LogP contribution >= 0.6 is 0 Å². The normalized spacial score (nSPS) is 25.0. The van der Waals surface area contributed by atoms with Gasteiger partial charge in [0.2, 0.25) is 5.91 Å². The summed E-state index contributed by atoms with van der Waals surface area (Å²) < 4.78 is 5.48. The summed E-state index contributed by atoms with van der Waals surface area (Å²) >= 11 is 0. The highest BCUT2D eigenvalue weighted by Crippen LogP contribution is 2.39. The van der Waals surface area contributed by atoms with Crippen LogP contribution in [0.25, 0.3) is 0 Å². The summed E-state index contributed by atoms with van der Waals surface area (Å²) in [4.78, 5) is 14.0. The van der Waals surface area contributed by atoms with Gasteiger partial charge in [0.1, 0.15) is 0 Å². The first-order valence-electron chi connectivity index (χ1n) is 6.64. The van der Waals surface area contributed by atoms with Crippen molar-refractivity contribution in [2.24, 2.45) is 5.73 Å². The van der Waals surface area contributed by atoms with Crippen LogP contribution in [0.2, 0.25) is 0 Å². The van der Waals surface area contributed by atoms with Crippen molar-refractivity contribution >= 4 is 5.91 Å². The van der Waals surface area contributed by atoms with Gasteiger partial charge in [0.05, 0.1) is 17.6 Å². The molecule has 2 fully saturated rings. The van der Waals surface area contributed by atoms with E-state index in [2.05, 4.69) is 6.92 Å². The fraction of sp³-hybridized carbons (Fsp3) is 0.923. The van der Waals surface area contributed by atoms with E-state index in [1.165, 1.54) is 6.42 Å². The third kappa shape index (κ3) is 2.47. The molecule has 0 radical (unpaired) electrons. The van der Waals surface area contributed by atoms with Gasteiger partial charge in [-0.2, -0.15) is 0 Å². The maximum Gasteiger partial charge on any atom is 0.225 e. The third-order valence-corrected chi connectivity index (χ3v) is 4.28. The van der Waals surface area contributed by atoms with E-state index in [4.69, 9.17) is 10.5 Å². The number of nitrogens with two attached hydrogens (primary N) is 1. The van der Waals surface area contributed by atoms with Crippen LogP contribution in [-0.4, -0.2) is 42.1 Å². The van der Waals surface area contributed by atoms with Gasteiger partial charge in [-0.15, -0.1) is 0 Å². The van der Waals surface area contributed by atoms with E-state index in [9.17, 15) is 4.79 Å². The zero-order valence-corrected chi connectivity index (χ0v) is 11.0. The molecule has 1 heterocycles. The minimum Gasteiger partial charge on any atom is -0.378 e. The Balaban J connectivity index is 1.79. The number of amides is 1. The van der Waals surface area contributed by atoms with Crippen LogP contribution in [0.5, 0.6) is 0 Å². The Labute approximate surface area is 103 Å². The van der Waals surface area contributed by atoms with Crippen molar-refractivity contribution in [3.05, 3.63) is 0 Å². The fourth-order valence-corrected chi connectivity index (χ4v) is 2.96. The fourth-order valence-electron chi connectivity index (χ4n) is 2.96. The average molecular weight is 240 g/mol. The summed E-state index contributed by atoms with van der Waals surface area (Å²) in [5.74, 6) is 0.212. The second-order valence-electron chi connectivity index (χ2n) is 5.78. The van der Waals surface area contributed by atoms with E-state index in [-0.39, 0.29) is 17.0 Å². The lowest BCUT2D eigenvalue weighted by Crippen LogP contribution is -2.69. The van der Waals surface area contributed by atoms with E-state index in [0.717, 1.165) is 38.8 Å². The Morgan fingerprint density at radius 1 is 1.41 bits per heavy atom. The number of hydrogen-bond acceptors (Lipinski definition) is 3. The van der Waals surface area contributed by atoms with Crippen molar-refractivity contribution in [1.82, 2.24) is 4.90 Å². The molecule has 0 aromatic rings. The van der Waals surface area contributed by atoms with Gasteiger partial charge < -0.3 is 15.4 Å². The molecular formula is C13H24N2O2. The lowest BCUT2D eigenvalue weighted by atomic mass is 9.76. The first-order chi connectivity index (χ1) is 8.02. The second-order valence-corrected chi connectivity index (χ2v) is 5.78. The summed E-state index contributed by atoms with van der Waals surface area (Å²) in [5, 5.41) is 0. The van der Waals surface area contributed by atoms with Crippen LogP contribution in [0.3, 0.4) is 0 Å². The van der Waals surface area contributed by atoms with Gasteiger partial charge in [0, 0.05) is 20.2 Å². The zero-order valence-electron chi connectivity index (χ0n) is 11.0. The molecule has 1 saturated carbocycles. The van der Waals surface area contributed by atoms with Crippen LogP contribution in [0.1, 0.15) is 45.4 Å². The zero-order chi connectivity index (χ0) is 12.5. The quantitative estimate of drug-likeness (QED) is 0.787. The molecule has 2 rings (SSSR count). The molecule has 0 spiro atoms. The number of carbonyl (C=O) groups is 1. The highest BCUT2D eigenvalue weighted by atomic mass is 16.5. The first kappa shape index (κ1) is 12.8.